The van der Waals surface area contributed by atoms with Crippen LogP contribution in [-0.2, 0) is 18.9 Å². The maximum absolute atomic E-state index is 11.9. The maximum Gasteiger partial charge on any atom is 0.347 e. The van der Waals surface area contributed by atoms with Gasteiger partial charge in [0.05, 0.1) is 6.26 Å². The third-order valence-electron chi connectivity index (χ3n) is 2.18. The van der Waals surface area contributed by atoms with E-state index in [9.17, 15) is 9.59 Å². The van der Waals surface area contributed by atoms with Gasteiger partial charge in [-0.15, -0.1) is 0 Å². The molecule has 1 aromatic heterocycles. The molecule has 0 bridgehead atoms. The quantitative estimate of drug-likeness (QED) is 0.231. The van der Waals surface area contributed by atoms with Crippen molar-refractivity contribution in [2.24, 2.45) is 0 Å². The van der Waals surface area contributed by atoms with Crippen LogP contribution in [0.3, 0.4) is 0 Å². The molecule has 1 atom stereocenters. The number of hydrogen-bond donors (Lipinski definition) is 2. The fourth-order valence-corrected chi connectivity index (χ4v) is 1.39. The molecular weight excluding hydrogens is 300 g/mol. The van der Waals surface area contributed by atoms with Crippen LogP contribution in [-0.4, -0.2) is 42.2 Å². The van der Waals surface area contributed by atoms with Crippen LogP contribution in [0.25, 0.3) is 0 Å². The van der Waals surface area contributed by atoms with E-state index in [1.807, 2.05) is 0 Å². The van der Waals surface area contributed by atoms with Gasteiger partial charge in [0, 0.05) is 12.8 Å². The van der Waals surface area contributed by atoms with E-state index in [0.717, 1.165) is 0 Å². The Bertz CT molecular complexity index is 582. The zero-order valence-electron chi connectivity index (χ0n) is 11.4. The highest BCUT2D eigenvalue weighted by atomic mass is 32.1. The van der Waals surface area contributed by atoms with Crippen LogP contribution in [0.2, 0.25) is 0 Å². The van der Waals surface area contributed by atoms with Crippen LogP contribution < -0.4 is 5.56 Å². The molecule has 8 nitrogen and oxygen atoms in total. The molecule has 1 heterocycles. The molecule has 0 spiro atoms. The third-order valence-corrected chi connectivity index (χ3v) is 2.40. The first-order valence-corrected chi connectivity index (χ1v) is 6.44. The molecule has 9 heteroatoms. The maximum atomic E-state index is 11.9. The highest BCUT2D eigenvalue weighted by molar-refractivity contribution is 7.71. The Balaban J connectivity index is 2.71. The van der Waals surface area contributed by atoms with Crippen LogP contribution in [0.15, 0.2) is 23.8 Å². The molecule has 1 unspecified atom stereocenters. The van der Waals surface area contributed by atoms with E-state index in [1.54, 1.807) is 6.92 Å². The van der Waals surface area contributed by atoms with E-state index in [2.05, 4.69) is 16.5 Å². The van der Waals surface area contributed by atoms with Crippen molar-refractivity contribution in [3.8, 4) is 0 Å². The molecule has 0 saturated heterocycles. The van der Waals surface area contributed by atoms with Crippen LogP contribution >= 0.6 is 12.2 Å². The molecule has 0 aliphatic heterocycles. The van der Waals surface area contributed by atoms with E-state index >= 15 is 0 Å². The normalized spacial score (nSPS) is 11.7. The number of H-pyrrole nitrogens is 2. The van der Waals surface area contributed by atoms with Gasteiger partial charge in [0.1, 0.15) is 12.2 Å². The molecule has 0 aliphatic rings. The van der Waals surface area contributed by atoms with Gasteiger partial charge in [0.2, 0.25) is 6.29 Å². The number of carbonyl (C=O) groups excluding carboxylic acids is 1. The van der Waals surface area contributed by atoms with Crippen LogP contribution in [0.5, 0.6) is 0 Å². The van der Waals surface area contributed by atoms with Crippen LogP contribution in [0.1, 0.15) is 17.3 Å². The number of nitrogens with one attached hydrogen (secondary N) is 2. The highest BCUT2D eigenvalue weighted by Crippen LogP contribution is 2.02. The first-order valence-electron chi connectivity index (χ1n) is 6.03. The van der Waals surface area contributed by atoms with Gasteiger partial charge in [0.25, 0.3) is 5.56 Å². The number of esters is 1. The average Bonchev–Trinajstić information content (AvgIpc) is 2.44. The molecule has 0 aliphatic carbocycles. The van der Waals surface area contributed by atoms with Crippen molar-refractivity contribution < 1.29 is 23.7 Å². The Morgan fingerprint density at radius 2 is 2.33 bits per heavy atom. The summed E-state index contributed by atoms with van der Waals surface area (Å²) in [5.74, 6) is -0.870. The van der Waals surface area contributed by atoms with Crippen molar-refractivity contribution in [2.75, 3.05) is 20.0 Å². The van der Waals surface area contributed by atoms with E-state index in [0.29, 0.717) is 6.61 Å². The summed E-state index contributed by atoms with van der Waals surface area (Å²) in [6, 6.07) is 0. The Morgan fingerprint density at radius 1 is 1.57 bits per heavy atom. The Hall–Kier alpha value is -1.97. The van der Waals surface area contributed by atoms with Crippen LogP contribution in [0.4, 0.5) is 0 Å². The Kier molecular flexibility index (Phi) is 7.37. The number of aromatic nitrogens is 2. The zero-order valence-corrected chi connectivity index (χ0v) is 12.2. The minimum absolute atomic E-state index is 0.00345. The average molecular weight is 316 g/mol. The molecule has 1 rings (SSSR count). The van der Waals surface area contributed by atoms with Crippen molar-refractivity contribution in [2.45, 2.75) is 13.2 Å². The van der Waals surface area contributed by atoms with E-state index in [1.165, 1.54) is 12.5 Å². The van der Waals surface area contributed by atoms with Crippen molar-refractivity contribution in [1.29, 1.82) is 0 Å². The number of ether oxygens (including phenoxy) is 4. The van der Waals surface area contributed by atoms with E-state index in [-0.39, 0.29) is 23.7 Å². The molecule has 0 radical (unpaired) electrons. The summed E-state index contributed by atoms with van der Waals surface area (Å²) in [5.41, 5.74) is -0.875. The molecule has 0 amide bonds. The lowest BCUT2D eigenvalue weighted by molar-refractivity contribution is -0.179. The summed E-state index contributed by atoms with van der Waals surface area (Å²) in [4.78, 5) is 28.3. The topological polar surface area (TPSA) is 103 Å². The predicted octanol–water partition coefficient (Wildman–Crippen LogP) is 1.09. The van der Waals surface area contributed by atoms with Gasteiger partial charge in [-0.2, -0.15) is 0 Å². The van der Waals surface area contributed by atoms with Gasteiger partial charge in [-0.1, -0.05) is 6.58 Å². The summed E-state index contributed by atoms with van der Waals surface area (Å²) in [6.45, 7) is 5.38. The zero-order chi connectivity index (χ0) is 15.7. The van der Waals surface area contributed by atoms with Crippen LogP contribution in [0, 0.1) is 4.77 Å². The summed E-state index contributed by atoms with van der Waals surface area (Å²) in [6.07, 6.45) is 1.34. The fourth-order valence-electron chi connectivity index (χ4n) is 1.24. The summed E-state index contributed by atoms with van der Waals surface area (Å²) >= 11 is 4.73. The number of hydrogen-bond acceptors (Lipinski definition) is 7. The molecule has 116 valence electrons. The minimum atomic E-state index is -1.01. The smallest absolute Gasteiger partial charge is 0.347 e. The first kappa shape index (κ1) is 17.1. The molecule has 1 aromatic rings. The van der Waals surface area contributed by atoms with Crippen molar-refractivity contribution in [3.05, 3.63) is 39.7 Å². The van der Waals surface area contributed by atoms with Gasteiger partial charge in [0.15, 0.2) is 11.6 Å². The standard InChI is InChI=1S/C12H16N2O6S/c1-3-17-6-9(19-7-18-4-2)20-11(16)8-5-13-12(21)14-10(8)15/h4-5,9H,2-3,6-7H2,1H3,(H2,13,14,15,21). The lowest BCUT2D eigenvalue weighted by atomic mass is 10.3. The molecule has 21 heavy (non-hydrogen) atoms. The number of aromatic amines is 2. The summed E-state index contributed by atoms with van der Waals surface area (Å²) in [7, 11) is 0. The monoisotopic (exact) mass is 316 g/mol. The Labute approximate surface area is 125 Å². The van der Waals surface area contributed by atoms with Crippen molar-refractivity contribution in [3.63, 3.8) is 0 Å². The van der Waals surface area contributed by atoms with E-state index < -0.39 is 17.8 Å². The molecule has 0 saturated carbocycles. The lowest BCUT2D eigenvalue weighted by Crippen LogP contribution is -2.30. The summed E-state index contributed by atoms with van der Waals surface area (Å²) < 4.78 is 20.2. The van der Waals surface area contributed by atoms with Gasteiger partial charge < -0.3 is 23.9 Å². The SMILES string of the molecule is C=COCOC(COCC)OC(=O)c1c[nH]c(=S)[nH]c1=O. The largest absolute Gasteiger partial charge is 0.476 e. The second-order valence-electron chi connectivity index (χ2n) is 3.60. The molecule has 0 fully saturated rings. The molecular formula is C12H16N2O6S. The van der Waals surface area contributed by atoms with Crippen molar-refractivity contribution >= 4 is 18.2 Å². The van der Waals surface area contributed by atoms with Crippen molar-refractivity contribution in [1.82, 2.24) is 9.97 Å². The van der Waals surface area contributed by atoms with Gasteiger partial charge in [-0.3, -0.25) is 9.78 Å². The number of carbonyl (C=O) groups is 1. The minimum Gasteiger partial charge on any atom is -0.476 e. The van der Waals surface area contributed by atoms with Gasteiger partial charge in [-0.25, -0.2) is 4.79 Å². The first-order chi connectivity index (χ1) is 10.1. The second kappa shape index (κ2) is 9.06. The molecule has 2 N–H and O–H groups in total. The predicted molar refractivity (Wildman–Crippen MR) is 75.2 cm³/mol. The fraction of sp³-hybridized carbons (Fsp3) is 0.417. The summed E-state index contributed by atoms with van der Waals surface area (Å²) in [5, 5.41) is 0. The lowest BCUT2D eigenvalue weighted by Gasteiger charge is -2.17. The third kappa shape index (κ3) is 5.90. The van der Waals surface area contributed by atoms with Gasteiger partial charge >= 0.3 is 5.97 Å². The van der Waals surface area contributed by atoms with Gasteiger partial charge in [-0.05, 0) is 19.1 Å². The highest BCUT2D eigenvalue weighted by Gasteiger charge is 2.19. The second-order valence-corrected chi connectivity index (χ2v) is 4.01. The molecule has 0 aromatic carbocycles. The Morgan fingerprint density at radius 3 is 2.95 bits per heavy atom. The number of rotatable bonds is 9. The van der Waals surface area contributed by atoms with E-state index in [4.69, 9.17) is 31.2 Å².